The number of ether oxygens (including phenoxy) is 1. The van der Waals surface area contributed by atoms with Crippen molar-refractivity contribution in [1.82, 2.24) is 5.32 Å². The van der Waals surface area contributed by atoms with Crippen molar-refractivity contribution in [1.29, 1.82) is 5.26 Å². The topological polar surface area (TPSA) is 99.4 Å². The van der Waals surface area contributed by atoms with Crippen LogP contribution in [0.4, 0.5) is 0 Å². The van der Waals surface area contributed by atoms with Crippen LogP contribution in [0.25, 0.3) is 6.08 Å². The highest BCUT2D eigenvalue weighted by Gasteiger charge is 2.08. The van der Waals surface area contributed by atoms with E-state index in [1.807, 2.05) is 0 Å². The summed E-state index contributed by atoms with van der Waals surface area (Å²) in [6, 6.07) is 6.27. The Balaban J connectivity index is 2.97. The minimum absolute atomic E-state index is 0.0669. The van der Waals surface area contributed by atoms with E-state index >= 15 is 0 Å². The number of nitrogens with one attached hydrogen (secondary N) is 1. The quantitative estimate of drug-likeness (QED) is 0.632. The number of carbonyl (C=O) groups excluding carboxylic acids is 1. The van der Waals surface area contributed by atoms with Gasteiger partial charge in [0, 0.05) is 7.05 Å². The number of amides is 1. The van der Waals surface area contributed by atoms with Gasteiger partial charge in [0.15, 0.2) is 6.61 Å². The minimum Gasteiger partial charge on any atom is -0.480 e. The van der Waals surface area contributed by atoms with Gasteiger partial charge in [-0.15, -0.1) is 0 Å². The number of nitrogens with zero attached hydrogens (tertiary/aromatic N) is 1. The maximum atomic E-state index is 11.4. The fraction of sp³-hybridized carbons (Fsp3) is 0.154. The van der Waals surface area contributed by atoms with E-state index in [9.17, 15) is 9.59 Å². The number of aliphatic carboxylic acids is 1. The number of carboxylic acid groups (broad SMARTS) is 1. The summed E-state index contributed by atoms with van der Waals surface area (Å²) in [6.07, 6.45) is 1.37. The summed E-state index contributed by atoms with van der Waals surface area (Å²) in [5, 5.41) is 19.9. The molecule has 0 radical (unpaired) electrons. The van der Waals surface area contributed by atoms with Crippen molar-refractivity contribution in [3.8, 4) is 11.8 Å². The molecule has 2 N–H and O–H groups in total. The molecule has 0 saturated carbocycles. The summed E-state index contributed by atoms with van der Waals surface area (Å²) >= 11 is 5.92. The molecule has 0 atom stereocenters. The van der Waals surface area contributed by atoms with Crippen molar-refractivity contribution in [2.75, 3.05) is 13.7 Å². The molecule has 0 unspecified atom stereocenters. The Kier molecular flexibility index (Phi) is 5.56. The monoisotopic (exact) mass is 294 g/mol. The standard InChI is InChI=1S/C13H11ClN2O4/c1-16-13(19)9(6-15)4-8-2-3-11(10(14)5-8)20-7-12(17)18/h2-5H,7H2,1H3,(H,16,19)(H,17,18)/b9-4-. The number of hydrogen-bond acceptors (Lipinski definition) is 4. The largest absolute Gasteiger partial charge is 0.480 e. The number of halogens is 1. The zero-order valence-electron chi connectivity index (χ0n) is 10.5. The highest BCUT2D eigenvalue weighted by Crippen LogP contribution is 2.26. The van der Waals surface area contributed by atoms with Crippen LogP contribution in [-0.2, 0) is 9.59 Å². The number of carbonyl (C=O) groups is 2. The SMILES string of the molecule is CNC(=O)/C(C#N)=C\c1ccc(OCC(=O)O)c(Cl)c1. The molecule has 0 fully saturated rings. The van der Waals surface area contributed by atoms with Crippen molar-refractivity contribution in [2.24, 2.45) is 0 Å². The number of hydrogen-bond donors (Lipinski definition) is 2. The van der Waals surface area contributed by atoms with Crippen LogP contribution in [0.3, 0.4) is 0 Å². The fourth-order valence-corrected chi connectivity index (χ4v) is 1.56. The van der Waals surface area contributed by atoms with Gasteiger partial charge < -0.3 is 15.2 Å². The molecule has 1 aromatic carbocycles. The van der Waals surface area contributed by atoms with Gasteiger partial charge in [-0.05, 0) is 23.8 Å². The molecule has 0 bridgehead atoms. The van der Waals surface area contributed by atoms with Gasteiger partial charge in [-0.3, -0.25) is 4.79 Å². The van der Waals surface area contributed by atoms with Crippen molar-refractivity contribution in [3.63, 3.8) is 0 Å². The third-order valence-electron chi connectivity index (χ3n) is 2.21. The molecule has 0 heterocycles. The van der Waals surface area contributed by atoms with Gasteiger partial charge in [0.25, 0.3) is 5.91 Å². The lowest BCUT2D eigenvalue weighted by Crippen LogP contribution is -2.19. The molecule has 6 nitrogen and oxygen atoms in total. The Morgan fingerprint density at radius 1 is 1.55 bits per heavy atom. The molecule has 1 rings (SSSR count). The van der Waals surface area contributed by atoms with Crippen LogP contribution in [0.5, 0.6) is 5.75 Å². The molecule has 0 aliphatic heterocycles. The number of benzene rings is 1. The fourth-order valence-electron chi connectivity index (χ4n) is 1.31. The summed E-state index contributed by atoms with van der Waals surface area (Å²) in [5.41, 5.74) is 0.459. The smallest absolute Gasteiger partial charge is 0.341 e. The average molecular weight is 295 g/mol. The third-order valence-corrected chi connectivity index (χ3v) is 2.51. The molecule has 1 amide bonds. The second kappa shape index (κ2) is 7.16. The molecule has 0 spiro atoms. The highest BCUT2D eigenvalue weighted by atomic mass is 35.5. The summed E-state index contributed by atoms with van der Waals surface area (Å²) in [5.74, 6) is -1.41. The van der Waals surface area contributed by atoms with Crippen molar-refractivity contribution in [3.05, 3.63) is 34.4 Å². The Morgan fingerprint density at radius 2 is 2.25 bits per heavy atom. The predicted octanol–water partition coefficient (Wildman–Crippen LogP) is 1.46. The van der Waals surface area contributed by atoms with E-state index < -0.39 is 18.5 Å². The van der Waals surface area contributed by atoms with Gasteiger partial charge in [-0.25, -0.2) is 4.79 Å². The zero-order valence-corrected chi connectivity index (χ0v) is 11.3. The van der Waals surface area contributed by atoms with Crippen molar-refractivity contribution < 1.29 is 19.4 Å². The lowest BCUT2D eigenvalue weighted by molar-refractivity contribution is -0.139. The molecule has 20 heavy (non-hydrogen) atoms. The van der Waals surface area contributed by atoms with Gasteiger partial charge in [0.2, 0.25) is 0 Å². The van der Waals surface area contributed by atoms with Gasteiger partial charge >= 0.3 is 5.97 Å². The number of rotatable bonds is 5. The number of likely N-dealkylation sites (N-methyl/N-ethyl adjacent to an activating group) is 1. The van der Waals surface area contributed by atoms with Crippen molar-refractivity contribution >= 4 is 29.6 Å². The third kappa shape index (κ3) is 4.30. The first-order chi connectivity index (χ1) is 9.47. The summed E-state index contributed by atoms with van der Waals surface area (Å²) in [4.78, 5) is 21.7. The second-order valence-corrected chi connectivity index (χ2v) is 4.03. The minimum atomic E-state index is -1.11. The van der Waals surface area contributed by atoms with E-state index in [2.05, 4.69) is 5.32 Å². The lowest BCUT2D eigenvalue weighted by atomic mass is 10.1. The van der Waals surface area contributed by atoms with E-state index in [0.717, 1.165) is 0 Å². The molecular weight excluding hydrogens is 284 g/mol. The van der Waals surface area contributed by atoms with Gasteiger partial charge in [0.1, 0.15) is 17.4 Å². The molecule has 0 saturated heterocycles. The molecule has 1 aromatic rings. The van der Waals surface area contributed by atoms with Crippen LogP contribution in [-0.4, -0.2) is 30.6 Å². The van der Waals surface area contributed by atoms with E-state index in [1.165, 1.54) is 25.3 Å². The first kappa shape index (κ1) is 15.5. The van der Waals surface area contributed by atoms with Crippen LogP contribution >= 0.6 is 11.6 Å². The summed E-state index contributed by atoms with van der Waals surface area (Å²) in [7, 11) is 1.42. The van der Waals surface area contributed by atoms with Crippen LogP contribution in [0, 0.1) is 11.3 Å². The number of carboxylic acids is 1. The van der Waals surface area contributed by atoms with Gasteiger partial charge in [0.05, 0.1) is 5.02 Å². The van der Waals surface area contributed by atoms with E-state index in [4.69, 9.17) is 26.7 Å². The maximum Gasteiger partial charge on any atom is 0.341 e. The zero-order chi connectivity index (χ0) is 15.1. The second-order valence-electron chi connectivity index (χ2n) is 3.62. The molecule has 7 heteroatoms. The molecule has 0 aliphatic rings. The Hall–Kier alpha value is -2.52. The normalized spacial score (nSPS) is 10.6. The lowest BCUT2D eigenvalue weighted by Gasteiger charge is -2.06. The first-order valence-electron chi connectivity index (χ1n) is 5.46. The highest BCUT2D eigenvalue weighted by molar-refractivity contribution is 6.32. The molecular formula is C13H11ClN2O4. The maximum absolute atomic E-state index is 11.4. The van der Waals surface area contributed by atoms with Crippen LogP contribution in [0.2, 0.25) is 5.02 Å². The molecule has 0 aromatic heterocycles. The Bertz CT molecular complexity index is 605. The molecule has 104 valence electrons. The van der Waals surface area contributed by atoms with Gasteiger partial charge in [-0.2, -0.15) is 5.26 Å². The summed E-state index contributed by atoms with van der Waals surface area (Å²) < 4.78 is 4.96. The number of nitriles is 1. The predicted molar refractivity (Wildman–Crippen MR) is 72.2 cm³/mol. The molecule has 0 aliphatic carbocycles. The summed E-state index contributed by atoms with van der Waals surface area (Å²) in [6.45, 7) is -0.503. The Morgan fingerprint density at radius 3 is 2.75 bits per heavy atom. The van der Waals surface area contributed by atoms with Gasteiger partial charge in [-0.1, -0.05) is 17.7 Å². The van der Waals surface area contributed by atoms with E-state index in [0.29, 0.717) is 5.56 Å². The van der Waals surface area contributed by atoms with Crippen LogP contribution in [0.15, 0.2) is 23.8 Å². The average Bonchev–Trinajstić information content (AvgIpc) is 2.42. The Labute approximate surface area is 120 Å². The van der Waals surface area contributed by atoms with E-state index in [1.54, 1.807) is 12.1 Å². The van der Waals surface area contributed by atoms with Crippen molar-refractivity contribution in [2.45, 2.75) is 0 Å². The van der Waals surface area contributed by atoms with Crippen LogP contribution in [0.1, 0.15) is 5.56 Å². The first-order valence-corrected chi connectivity index (χ1v) is 5.83. The van der Waals surface area contributed by atoms with Crippen LogP contribution < -0.4 is 10.1 Å². The van der Waals surface area contributed by atoms with E-state index in [-0.39, 0.29) is 16.3 Å².